The molecule has 4 nitrogen and oxygen atoms in total. The summed E-state index contributed by atoms with van der Waals surface area (Å²) in [6.07, 6.45) is 6.60. The van der Waals surface area contributed by atoms with Crippen LogP contribution in [0.3, 0.4) is 0 Å². The molecule has 2 fully saturated rings. The van der Waals surface area contributed by atoms with Crippen LogP contribution in [0.2, 0.25) is 0 Å². The summed E-state index contributed by atoms with van der Waals surface area (Å²) >= 11 is 1.88. The van der Waals surface area contributed by atoms with Gasteiger partial charge >= 0.3 is 0 Å². The van der Waals surface area contributed by atoms with Crippen LogP contribution in [-0.2, 0) is 9.59 Å². The van der Waals surface area contributed by atoms with E-state index >= 15 is 0 Å². The molecule has 1 saturated heterocycles. The monoisotopic (exact) mass is 256 g/mol. The largest absolute Gasteiger partial charge is 0.345 e. The van der Waals surface area contributed by atoms with Crippen LogP contribution in [0.1, 0.15) is 32.6 Å². The van der Waals surface area contributed by atoms with Gasteiger partial charge in [0.1, 0.15) is 6.04 Å². The smallest absolute Gasteiger partial charge is 0.242 e. The number of rotatable bonds is 2. The number of nitrogens with zero attached hydrogens (tertiary/aromatic N) is 1. The number of piperazine rings is 1. The van der Waals surface area contributed by atoms with Gasteiger partial charge in [0.2, 0.25) is 11.8 Å². The molecule has 0 radical (unpaired) electrons. The average molecular weight is 256 g/mol. The summed E-state index contributed by atoms with van der Waals surface area (Å²) in [6, 6.07) is -0.0448. The van der Waals surface area contributed by atoms with Gasteiger partial charge < -0.3 is 10.2 Å². The quantitative estimate of drug-likeness (QED) is 0.802. The Kier molecular flexibility index (Phi) is 3.97. The minimum atomic E-state index is -0.304. The van der Waals surface area contributed by atoms with Crippen molar-refractivity contribution in [1.82, 2.24) is 10.2 Å². The first kappa shape index (κ1) is 12.7. The van der Waals surface area contributed by atoms with Crippen LogP contribution in [0.5, 0.6) is 0 Å². The van der Waals surface area contributed by atoms with Crippen molar-refractivity contribution in [3.05, 3.63) is 0 Å². The third-order valence-electron chi connectivity index (χ3n) is 3.82. The Morgan fingerprint density at radius 3 is 2.82 bits per heavy atom. The number of carbonyl (C=O) groups is 2. The SMILES string of the molecule is CSC1CCCC(N2C(=O)CNC(=O)C2C)C1. The van der Waals surface area contributed by atoms with Gasteiger partial charge in [-0.25, -0.2) is 0 Å². The van der Waals surface area contributed by atoms with Crippen LogP contribution in [0.4, 0.5) is 0 Å². The standard InChI is InChI=1S/C12H20N2O2S/c1-8-12(16)13-7-11(15)14(8)9-4-3-5-10(6-9)17-2/h8-10H,3-7H2,1-2H3,(H,13,16). The van der Waals surface area contributed by atoms with Crippen LogP contribution in [0.25, 0.3) is 0 Å². The normalized spacial score (nSPS) is 34.7. The Bertz CT molecular complexity index is 322. The van der Waals surface area contributed by atoms with Crippen molar-refractivity contribution in [3.63, 3.8) is 0 Å². The molecule has 2 rings (SSSR count). The third-order valence-corrected chi connectivity index (χ3v) is 4.92. The number of amides is 2. The van der Waals surface area contributed by atoms with E-state index in [4.69, 9.17) is 0 Å². The second-order valence-electron chi connectivity index (χ2n) is 4.87. The highest BCUT2D eigenvalue weighted by molar-refractivity contribution is 7.99. The fourth-order valence-corrected chi connectivity index (χ4v) is 3.67. The molecular weight excluding hydrogens is 236 g/mol. The summed E-state index contributed by atoms with van der Waals surface area (Å²) in [5, 5.41) is 3.28. The van der Waals surface area contributed by atoms with Crippen LogP contribution in [-0.4, -0.2) is 46.8 Å². The van der Waals surface area contributed by atoms with Gasteiger partial charge in [-0.1, -0.05) is 6.42 Å². The summed E-state index contributed by atoms with van der Waals surface area (Å²) < 4.78 is 0. The molecule has 0 bridgehead atoms. The summed E-state index contributed by atoms with van der Waals surface area (Å²) in [6.45, 7) is 2.00. The Morgan fingerprint density at radius 1 is 1.35 bits per heavy atom. The number of carbonyl (C=O) groups excluding carboxylic acids is 2. The molecule has 0 aromatic carbocycles. The zero-order chi connectivity index (χ0) is 12.4. The van der Waals surface area contributed by atoms with Crippen LogP contribution < -0.4 is 5.32 Å². The molecule has 3 atom stereocenters. The molecule has 0 aromatic rings. The number of hydrogen-bond acceptors (Lipinski definition) is 3. The van der Waals surface area contributed by atoms with Gasteiger partial charge in [-0.15, -0.1) is 0 Å². The number of nitrogens with one attached hydrogen (secondary N) is 1. The van der Waals surface area contributed by atoms with E-state index in [2.05, 4.69) is 11.6 Å². The van der Waals surface area contributed by atoms with E-state index in [1.54, 1.807) is 0 Å². The maximum atomic E-state index is 11.9. The van der Waals surface area contributed by atoms with E-state index in [1.165, 1.54) is 6.42 Å². The lowest BCUT2D eigenvalue weighted by atomic mass is 9.92. The summed E-state index contributed by atoms with van der Waals surface area (Å²) in [5.74, 6) is 0.0553. The van der Waals surface area contributed by atoms with Gasteiger partial charge in [-0.2, -0.15) is 11.8 Å². The lowest BCUT2D eigenvalue weighted by Gasteiger charge is -2.42. The maximum Gasteiger partial charge on any atom is 0.242 e. The first-order valence-electron chi connectivity index (χ1n) is 6.25. The van der Waals surface area contributed by atoms with Crippen molar-refractivity contribution in [3.8, 4) is 0 Å². The van der Waals surface area contributed by atoms with E-state index < -0.39 is 0 Å². The molecule has 1 aliphatic heterocycles. The Balaban J connectivity index is 2.08. The average Bonchev–Trinajstić information content (AvgIpc) is 2.35. The molecule has 17 heavy (non-hydrogen) atoms. The molecule has 0 aromatic heterocycles. The zero-order valence-electron chi connectivity index (χ0n) is 10.4. The van der Waals surface area contributed by atoms with Crippen molar-refractivity contribution < 1.29 is 9.59 Å². The molecule has 2 amide bonds. The fourth-order valence-electron chi connectivity index (χ4n) is 2.85. The maximum absolute atomic E-state index is 11.9. The summed E-state index contributed by atoms with van der Waals surface area (Å²) in [7, 11) is 0. The molecule has 5 heteroatoms. The van der Waals surface area contributed by atoms with E-state index in [9.17, 15) is 9.59 Å². The molecular formula is C12H20N2O2S. The van der Waals surface area contributed by atoms with Crippen molar-refractivity contribution in [2.45, 2.75) is 49.9 Å². The molecule has 1 N–H and O–H groups in total. The van der Waals surface area contributed by atoms with Crippen molar-refractivity contribution in [2.75, 3.05) is 12.8 Å². The second kappa shape index (κ2) is 5.29. The predicted molar refractivity (Wildman–Crippen MR) is 68.9 cm³/mol. The lowest BCUT2D eigenvalue weighted by molar-refractivity contribution is -0.148. The van der Waals surface area contributed by atoms with Gasteiger partial charge in [0, 0.05) is 11.3 Å². The van der Waals surface area contributed by atoms with E-state index in [0.717, 1.165) is 19.3 Å². The molecule has 1 saturated carbocycles. The Hall–Kier alpha value is -0.710. The highest BCUT2D eigenvalue weighted by Gasteiger charge is 2.37. The first-order chi connectivity index (χ1) is 8.13. The number of hydrogen-bond donors (Lipinski definition) is 1. The zero-order valence-corrected chi connectivity index (χ0v) is 11.3. The molecule has 2 aliphatic rings. The molecule has 1 heterocycles. The predicted octanol–water partition coefficient (Wildman–Crippen LogP) is 1.01. The minimum absolute atomic E-state index is 0.0177. The van der Waals surface area contributed by atoms with Crippen molar-refractivity contribution in [2.24, 2.45) is 0 Å². The van der Waals surface area contributed by atoms with Crippen LogP contribution >= 0.6 is 11.8 Å². The van der Waals surface area contributed by atoms with Gasteiger partial charge in [0.15, 0.2) is 0 Å². The number of thioether (sulfide) groups is 1. The topological polar surface area (TPSA) is 49.4 Å². The van der Waals surface area contributed by atoms with Gasteiger partial charge in [0.05, 0.1) is 6.54 Å². The summed E-state index contributed by atoms with van der Waals surface area (Å²) in [5.41, 5.74) is 0. The van der Waals surface area contributed by atoms with E-state index in [0.29, 0.717) is 5.25 Å². The van der Waals surface area contributed by atoms with Crippen LogP contribution in [0, 0.1) is 0 Å². The first-order valence-corrected chi connectivity index (χ1v) is 7.54. The molecule has 96 valence electrons. The Morgan fingerprint density at radius 2 is 2.12 bits per heavy atom. The highest BCUT2D eigenvalue weighted by Crippen LogP contribution is 2.31. The van der Waals surface area contributed by atoms with Crippen molar-refractivity contribution in [1.29, 1.82) is 0 Å². The molecule has 1 aliphatic carbocycles. The Labute approximate surface area is 106 Å². The molecule has 0 spiro atoms. The van der Waals surface area contributed by atoms with Crippen LogP contribution in [0.15, 0.2) is 0 Å². The van der Waals surface area contributed by atoms with E-state index in [1.807, 2.05) is 23.6 Å². The summed E-state index contributed by atoms with van der Waals surface area (Å²) in [4.78, 5) is 25.4. The molecule has 3 unspecified atom stereocenters. The third kappa shape index (κ3) is 2.59. The van der Waals surface area contributed by atoms with E-state index in [-0.39, 0.29) is 30.4 Å². The van der Waals surface area contributed by atoms with Gasteiger partial charge in [-0.3, -0.25) is 9.59 Å². The van der Waals surface area contributed by atoms with Gasteiger partial charge in [0.25, 0.3) is 0 Å². The highest BCUT2D eigenvalue weighted by atomic mass is 32.2. The lowest BCUT2D eigenvalue weighted by Crippen LogP contribution is -2.61. The van der Waals surface area contributed by atoms with Crippen molar-refractivity contribution >= 4 is 23.6 Å². The second-order valence-corrected chi connectivity index (χ2v) is 6.01. The van der Waals surface area contributed by atoms with Gasteiger partial charge in [-0.05, 0) is 32.4 Å². The minimum Gasteiger partial charge on any atom is -0.345 e. The fraction of sp³-hybridized carbons (Fsp3) is 0.833.